The first-order valence-corrected chi connectivity index (χ1v) is 9.29. The highest BCUT2D eigenvalue weighted by Crippen LogP contribution is 2.22. The Morgan fingerprint density at radius 3 is 2.85 bits per heavy atom. The number of carbonyl (C=O) groups is 1. The summed E-state index contributed by atoms with van der Waals surface area (Å²) in [7, 11) is 0. The summed E-state index contributed by atoms with van der Waals surface area (Å²) in [6.07, 6.45) is 8.43. The molecule has 3 aromatic heterocycles. The lowest BCUT2D eigenvalue weighted by atomic mass is 9.93. The molecule has 3 aromatic rings. The van der Waals surface area contributed by atoms with Crippen LogP contribution in [0.2, 0.25) is 0 Å². The first kappa shape index (κ1) is 18.9. The molecule has 8 heteroatoms. The molecule has 0 saturated carbocycles. The fraction of sp³-hybridized carbons (Fsp3) is 0.474. The predicted molar refractivity (Wildman–Crippen MR) is 104 cm³/mol. The third kappa shape index (κ3) is 4.64. The molecule has 0 aliphatic rings. The molecule has 144 valence electrons. The minimum Gasteiger partial charge on any atom is -0.481 e. The molecular formula is C19H26N6O2. The van der Waals surface area contributed by atoms with E-state index in [-0.39, 0.29) is 6.42 Å². The van der Waals surface area contributed by atoms with E-state index < -0.39 is 5.97 Å². The Hall–Kier alpha value is -2.90. The second kappa shape index (κ2) is 8.20. The predicted octanol–water partition coefficient (Wildman–Crippen LogP) is 3.53. The summed E-state index contributed by atoms with van der Waals surface area (Å²) >= 11 is 0. The monoisotopic (exact) mass is 370 g/mol. The maximum absolute atomic E-state index is 10.7. The summed E-state index contributed by atoms with van der Waals surface area (Å²) in [5, 5.41) is 17.1. The molecule has 0 aliphatic heterocycles. The van der Waals surface area contributed by atoms with Crippen LogP contribution in [0.1, 0.15) is 33.6 Å². The van der Waals surface area contributed by atoms with Gasteiger partial charge in [0, 0.05) is 30.5 Å². The highest BCUT2D eigenvalue weighted by Gasteiger charge is 2.14. The molecule has 1 atom stereocenters. The van der Waals surface area contributed by atoms with Crippen molar-refractivity contribution in [2.75, 3.05) is 5.32 Å². The van der Waals surface area contributed by atoms with Gasteiger partial charge in [0.25, 0.3) is 0 Å². The normalized spacial score (nSPS) is 12.6. The van der Waals surface area contributed by atoms with Gasteiger partial charge in [0.1, 0.15) is 5.65 Å². The number of nitrogens with zero attached hydrogens (tertiary/aromatic N) is 5. The van der Waals surface area contributed by atoms with E-state index >= 15 is 0 Å². The lowest BCUT2D eigenvalue weighted by Gasteiger charge is -2.20. The van der Waals surface area contributed by atoms with Crippen molar-refractivity contribution in [3.8, 4) is 0 Å². The van der Waals surface area contributed by atoms with Crippen molar-refractivity contribution < 1.29 is 9.90 Å². The zero-order chi connectivity index (χ0) is 19.4. The van der Waals surface area contributed by atoms with Gasteiger partial charge < -0.3 is 15.0 Å². The highest BCUT2D eigenvalue weighted by atomic mass is 16.4. The van der Waals surface area contributed by atoms with Crippen LogP contribution in [0.25, 0.3) is 11.0 Å². The average molecular weight is 370 g/mol. The Kier molecular flexibility index (Phi) is 5.73. The SMILES string of the molecule is CCC(Cn1ccc2cnc(Nc3cnn(CCC(=O)O)c3)nc21)C(C)C. The standard InChI is InChI=1S/C19H26N6O2/c1-4-14(13(2)3)11-24-7-5-15-9-20-19(23-18(15)24)22-16-10-21-25(12-16)8-6-17(26)27/h5,7,9-10,12-14H,4,6,8,11H2,1-3H3,(H,26,27)(H,20,22,23). The number of hydrogen-bond donors (Lipinski definition) is 2. The van der Waals surface area contributed by atoms with Gasteiger partial charge in [0.05, 0.1) is 24.8 Å². The van der Waals surface area contributed by atoms with E-state index in [0.717, 1.165) is 29.7 Å². The van der Waals surface area contributed by atoms with Gasteiger partial charge in [-0.15, -0.1) is 0 Å². The van der Waals surface area contributed by atoms with Gasteiger partial charge in [0.2, 0.25) is 5.95 Å². The van der Waals surface area contributed by atoms with Crippen LogP contribution >= 0.6 is 0 Å². The van der Waals surface area contributed by atoms with E-state index in [1.165, 1.54) is 0 Å². The molecular weight excluding hydrogens is 344 g/mol. The molecule has 3 rings (SSSR count). The van der Waals surface area contributed by atoms with Crippen LogP contribution in [0.5, 0.6) is 0 Å². The number of fused-ring (bicyclic) bond motifs is 1. The topological polar surface area (TPSA) is 97.9 Å². The summed E-state index contributed by atoms with van der Waals surface area (Å²) in [6.45, 7) is 7.99. The number of aromatic nitrogens is 5. The average Bonchev–Trinajstić information content (AvgIpc) is 3.24. The smallest absolute Gasteiger partial charge is 0.305 e. The van der Waals surface area contributed by atoms with E-state index in [1.807, 2.05) is 12.3 Å². The van der Waals surface area contributed by atoms with Crippen LogP contribution in [0.15, 0.2) is 30.9 Å². The van der Waals surface area contributed by atoms with Crippen LogP contribution in [-0.4, -0.2) is 35.4 Å². The number of rotatable bonds is 9. The van der Waals surface area contributed by atoms with Gasteiger partial charge in [-0.05, 0) is 17.9 Å². The van der Waals surface area contributed by atoms with Crippen molar-refractivity contribution in [1.29, 1.82) is 0 Å². The number of aliphatic carboxylic acids is 1. The van der Waals surface area contributed by atoms with Crippen molar-refractivity contribution >= 4 is 28.6 Å². The van der Waals surface area contributed by atoms with Crippen LogP contribution < -0.4 is 5.32 Å². The molecule has 0 aliphatic carbocycles. The summed E-state index contributed by atoms with van der Waals surface area (Å²) in [4.78, 5) is 19.7. The molecule has 0 saturated heterocycles. The quantitative estimate of drug-likeness (QED) is 0.598. The maximum atomic E-state index is 10.7. The highest BCUT2D eigenvalue weighted by molar-refractivity contribution is 5.76. The first-order valence-electron chi connectivity index (χ1n) is 9.29. The third-order valence-corrected chi connectivity index (χ3v) is 4.84. The number of hydrogen-bond acceptors (Lipinski definition) is 5. The molecule has 0 aromatic carbocycles. The fourth-order valence-corrected chi connectivity index (χ4v) is 3.13. The van der Waals surface area contributed by atoms with Crippen molar-refractivity contribution in [1.82, 2.24) is 24.3 Å². The molecule has 0 radical (unpaired) electrons. The van der Waals surface area contributed by atoms with Crippen molar-refractivity contribution in [3.05, 3.63) is 30.9 Å². The van der Waals surface area contributed by atoms with Crippen LogP contribution in [0.4, 0.5) is 11.6 Å². The number of nitrogens with one attached hydrogen (secondary N) is 1. The van der Waals surface area contributed by atoms with Gasteiger partial charge in [-0.3, -0.25) is 9.48 Å². The van der Waals surface area contributed by atoms with Gasteiger partial charge >= 0.3 is 5.97 Å². The van der Waals surface area contributed by atoms with E-state index in [2.05, 4.69) is 51.9 Å². The maximum Gasteiger partial charge on any atom is 0.305 e. The lowest BCUT2D eigenvalue weighted by Crippen LogP contribution is -2.15. The molecule has 1 unspecified atom stereocenters. The molecule has 0 fully saturated rings. The van der Waals surface area contributed by atoms with Gasteiger partial charge in [-0.25, -0.2) is 4.98 Å². The molecule has 0 amide bonds. The van der Waals surface area contributed by atoms with Gasteiger partial charge in [0.15, 0.2) is 0 Å². The summed E-state index contributed by atoms with van der Waals surface area (Å²) < 4.78 is 3.78. The molecule has 27 heavy (non-hydrogen) atoms. The molecule has 0 bridgehead atoms. The Labute approximate surface area is 158 Å². The third-order valence-electron chi connectivity index (χ3n) is 4.84. The Morgan fingerprint density at radius 2 is 2.15 bits per heavy atom. The van der Waals surface area contributed by atoms with Crippen LogP contribution in [0, 0.1) is 11.8 Å². The minimum absolute atomic E-state index is 0.0333. The van der Waals surface area contributed by atoms with Crippen molar-refractivity contribution in [2.45, 2.75) is 46.7 Å². The second-order valence-corrected chi connectivity index (χ2v) is 7.11. The number of carboxylic acids is 1. The lowest BCUT2D eigenvalue weighted by molar-refractivity contribution is -0.137. The number of carboxylic acid groups (broad SMARTS) is 1. The molecule has 0 spiro atoms. The minimum atomic E-state index is -0.846. The summed E-state index contributed by atoms with van der Waals surface area (Å²) in [6, 6.07) is 2.04. The van der Waals surface area contributed by atoms with Gasteiger partial charge in [-0.2, -0.15) is 10.1 Å². The number of anilines is 2. The first-order chi connectivity index (χ1) is 13.0. The molecule has 8 nitrogen and oxygen atoms in total. The Bertz CT molecular complexity index is 914. The van der Waals surface area contributed by atoms with E-state index in [4.69, 9.17) is 5.11 Å². The Balaban J connectivity index is 1.76. The van der Waals surface area contributed by atoms with Crippen LogP contribution in [-0.2, 0) is 17.9 Å². The largest absolute Gasteiger partial charge is 0.481 e. The van der Waals surface area contributed by atoms with Crippen molar-refractivity contribution in [3.63, 3.8) is 0 Å². The van der Waals surface area contributed by atoms with E-state index in [9.17, 15) is 4.79 Å². The van der Waals surface area contributed by atoms with Crippen LogP contribution in [0.3, 0.4) is 0 Å². The van der Waals surface area contributed by atoms with E-state index in [0.29, 0.717) is 24.3 Å². The molecule has 3 heterocycles. The zero-order valence-corrected chi connectivity index (χ0v) is 16.0. The summed E-state index contributed by atoms with van der Waals surface area (Å²) in [5.74, 6) is 0.863. The second-order valence-electron chi connectivity index (χ2n) is 7.11. The van der Waals surface area contributed by atoms with Gasteiger partial charge in [-0.1, -0.05) is 27.2 Å². The Morgan fingerprint density at radius 1 is 1.33 bits per heavy atom. The zero-order valence-electron chi connectivity index (χ0n) is 16.0. The fourth-order valence-electron chi connectivity index (χ4n) is 3.13. The number of aryl methyl sites for hydroxylation is 1. The van der Waals surface area contributed by atoms with E-state index in [1.54, 1.807) is 17.1 Å². The summed E-state index contributed by atoms with van der Waals surface area (Å²) in [5.41, 5.74) is 1.64. The molecule has 2 N–H and O–H groups in total. The van der Waals surface area contributed by atoms with Crippen molar-refractivity contribution in [2.24, 2.45) is 11.8 Å².